The number of aromatic nitrogens is 1. The van der Waals surface area contributed by atoms with Crippen molar-refractivity contribution in [3.05, 3.63) is 18.0 Å². The lowest BCUT2D eigenvalue weighted by atomic mass is 10.2. The maximum absolute atomic E-state index is 12.0. The first-order chi connectivity index (χ1) is 10.1. The van der Waals surface area contributed by atoms with Gasteiger partial charge in [-0.05, 0) is 13.0 Å². The Hall–Kier alpha value is -1.86. The van der Waals surface area contributed by atoms with E-state index in [4.69, 9.17) is 9.47 Å². The minimum absolute atomic E-state index is 0.0342. The lowest BCUT2D eigenvalue weighted by Crippen LogP contribution is -2.43. The predicted octanol–water partition coefficient (Wildman–Crippen LogP) is 0.519. The summed E-state index contributed by atoms with van der Waals surface area (Å²) in [6, 6.07) is 1.65. The molecule has 2 rings (SSSR count). The predicted molar refractivity (Wildman–Crippen MR) is 77.2 cm³/mol. The van der Waals surface area contributed by atoms with Crippen LogP contribution in [-0.2, 0) is 21.3 Å². The molecule has 2 heterocycles. The van der Waals surface area contributed by atoms with Gasteiger partial charge in [0.2, 0.25) is 5.91 Å². The Bertz CT molecular complexity index is 506. The molecule has 0 saturated carbocycles. The lowest BCUT2D eigenvalue weighted by Gasteiger charge is -2.23. The van der Waals surface area contributed by atoms with E-state index in [2.05, 4.69) is 10.6 Å². The molecule has 1 amide bonds. The molecule has 0 radical (unpaired) electrons. The highest BCUT2D eigenvalue weighted by Gasteiger charge is 2.18. The van der Waals surface area contributed by atoms with Crippen LogP contribution in [0.3, 0.4) is 0 Å². The molecule has 2 N–H and O–H groups in total. The highest BCUT2D eigenvalue weighted by Crippen LogP contribution is 2.14. The summed E-state index contributed by atoms with van der Waals surface area (Å²) >= 11 is 0. The molecule has 116 valence electrons. The molecule has 1 fully saturated rings. The summed E-state index contributed by atoms with van der Waals surface area (Å²) in [5.74, 6) is -0.512. The number of esters is 1. The molecule has 1 aromatic rings. The van der Waals surface area contributed by atoms with Crippen LogP contribution >= 0.6 is 0 Å². The summed E-state index contributed by atoms with van der Waals surface area (Å²) in [4.78, 5) is 23.7. The van der Waals surface area contributed by atoms with E-state index < -0.39 is 5.97 Å². The number of amides is 1. The van der Waals surface area contributed by atoms with E-state index in [1.165, 1.54) is 0 Å². The van der Waals surface area contributed by atoms with Crippen LogP contribution < -0.4 is 10.6 Å². The number of hydrogen-bond acceptors (Lipinski definition) is 5. The molecule has 1 atom stereocenters. The SMILES string of the molecule is CCOC(=O)c1cc(NC(=O)CC2COCCN2)cn1C. The zero-order chi connectivity index (χ0) is 15.2. The van der Waals surface area contributed by atoms with Crippen LogP contribution in [0.1, 0.15) is 23.8 Å². The number of morpholine rings is 1. The average Bonchev–Trinajstić information content (AvgIpc) is 2.80. The Morgan fingerprint density at radius 3 is 3.05 bits per heavy atom. The minimum Gasteiger partial charge on any atom is -0.461 e. The van der Waals surface area contributed by atoms with Crippen LogP contribution in [0.25, 0.3) is 0 Å². The first kappa shape index (κ1) is 15.5. The summed E-state index contributed by atoms with van der Waals surface area (Å²) in [5.41, 5.74) is 0.994. The topological polar surface area (TPSA) is 81.6 Å². The second kappa shape index (κ2) is 7.24. The van der Waals surface area contributed by atoms with Gasteiger partial charge in [0.25, 0.3) is 0 Å². The number of ether oxygens (including phenoxy) is 2. The smallest absolute Gasteiger partial charge is 0.355 e. The van der Waals surface area contributed by atoms with Crippen LogP contribution in [0.5, 0.6) is 0 Å². The monoisotopic (exact) mass is 295 g/mol. The molecular weight excluding hydrogens is 274 g/mol. The van der Waals surface area contributed by atoms with Crippen molar-refractivity contribution in [2.24, 2.45) is 7.05 Å². The number of hydrogen-bond donors (Lipinski definition) is 2. The number of rotatable bonds is 5. The summed E-state index contributed by atoms with van der Waals surface area (Å²) in [5, 5.41) is 6.01. The van der Waals surface area contributed by atoms with Crippen molar-refractivity contribution in [1.82, 2.24) is 9.88 Å². The van der Waals surface area contributed by atoms with Crippen molar-refractivity contribution in [2.75, 3.05) is 31.7 Å². The molecule has 21 heavy (non-hydrogen) atoms. The van der Waals surface area contributed by atoms with E-state index >= 15 is 0 Å². The fourth-order valence-corrected chi connectivity index (χ4v) is 2.23. The third kappa shape index (κ3) is 4.30. The summed E-state index contributed by atoms with van der Waals surface area (Å²) in [6.45, 7) is 4.05. The molecule has 1 aromatic heterocycles. The van der Waals surface area contributed by atoms with Crippen LogP contribution in [0.4, 0.5) is 5.69 Å². The van der Waals surface area contributed by atoms with Crippen LogP contribution in [0, 0.1) is 0 Å². The number of carbonyl (C=O) groups is 2. The molecule has 7 heteroatoms. The molecule has 0 spiro atoms. The van der Waals surface area contributed by atoms with Gasteiger partial charge in [0.05, 0.1) is 25.5 Å². The van der Waals surface area contributed by atoms with Crippen LogP contribution in [0.2, 0.25) is 0 Å². The van der Waals surface area contributed by atoms with Crippen molar-refractivity contribution >= 4 is 17.6 Å². The summed E-state index contributed by atoms with van der Waals surface area (Å²) in [6.07, 6.45) is 2.03. The van der Waals surface area contributed by atoms with Crippen molar-refractivity contribution < 1.29 is 19.1 Å². The third-order valence-corrected chi connectivity index (χ3v) is 3.20. The van der Waals surface area contributed by atoms with Crippen molar-refractivity contribution in [3.8, 4) is 0 Å². The van der Waals surface area contributed by atoms with E-state index in [-0.39, 0.29) is 11.9 Å². The second-order valence-corrected chi connectivity index (χ2v) is 4.92. The van der Waals surface area contributed by atoms with Crippen LogP contribution in [-0.4, -0.2) is 48.9 Å². The Morgan fingerprint density at radius 1 is 1.57 bits per heavy atom. The highest BCUT2D eigenvalue weighted by molar-refractivity contribution is 5.94. The number of aryl methyl sites for hydroxylation is 1. The largest absolute Gasteiger partial charge is 0.461 e. The molecule has 0 bridgehead atoms. The Labute approximate surface area is 123 Å². The Balaban J connectivity index is 1.91. The van der Waals surface area contributed by atoms with Crippen molar-refractivity contribution in [1.29, 1.82) is 0 Å². The van der Waals surface area contributed by atoms with Gasteiger partial charge in [-0.15, -0.1) is 0 Å². The lowest BCUT2D eigenvalue weighted by molar-refractivity contribution is -0.117. The maximum Gasteiger partial charge on any atom is 0.355 e. The zero-order valence-corrected chi connectivity index (χ0v) is 12.3. The third-order valence-electron chi connectivity index (χ3n) is 3.20. The second-order valence-electron chi connectivity index (χ2n) is 4.92. The first-order valence-electron chi connectivity index (χ1n) is 7.04. The van der Waals surface area contributed by atoms with E-state index in [1.54, 1.807) is 30.8 Å². The molecule has 1 aliphatic heterocycles. The van der Waals surface area contributed by atoms with Gasteiger partial charge in [-0.1, -0.05) is 0 Å². The standard InChI is InChI=1S/C14H21N3O4/c1-3-21-14(19)12-6-10(8-17(12)2)16-13(18)7-11-9-20-5-4-15-11/h6,8,11,15H,3-5,7,9H2,1-2H3,(H,16,18). The van der Waals surface area contributed by atoms with E-state index in [0.29, 0.717) is 37.6 Å². The van der Waals surface area contributed by atoms with Gasteiger partial charge in [-0.3, -0.25) is 4.79 Å². The number of carbonyl (C=O) groups excluding carboxylic acids is 2. The van der Waals surface area contributed by atoms with E-state index in [0.717, 1.165) is 6.54 Å². The van der Waals surface area contributed by atoms with Gasteiger partial charge >= 0.3 is 5.97 Å². The minimum atomic E-state index is -0.400. The molecule has 0 aromatic carbocycles. The van der Waals surface area contributed by atoms with Gasteiger partial charge in [0, 0.05) is 32.3 Å². The molecule has 1 aliphatic rings. The fourth-order valence-electron chi connectivity index (χ4n) is 2.23. The van der Waals surface area contributed by atoms with Gasteiger partial charge in [-0.25, -0.2) is 4.79 Å². The average molecular weight is 295 g/mol. The summed E-state index contributed by atoms with van der Waals surface area (Å²) < 4.78 is 11.9. The van der Waals surface area contributed by atoms with E-state index in [1.807, 2.05) is 0 Å². The molecule has 7 nitrogen and oxygen atoms in total. The van der Waals surface area contributed by atoms with Gasteiger partial charge in [0.1, 0.15) is 5.69 Å². The van der Waals surface area contributed by atoms with Gasteiger partial charge in [-0.2, -0.15) is 0 Å². The van der Waals surface area contributed by atoms with E-state index in [9.17, 15) is 9.59 Å². The Kier molecular flexibility index (Phi) is 5.35. The zero-order valence-electron chi connectivity index (χ0n) is 12.3. The van der Waals surface area contributed by atoms with Crippen molar-refractivity contribution in [2.45, 2.75) is 19.4 Å². The number of anilines is 1. The quantitative estimate of drug-likeness (QED) is 0.774. The highest BCUT2D eigenvalue weighted by atomic mass is 16.5. The normalized spacial score (nSPS) is 18.3. The molecular formula is C14H21N3O4. The van der Waals surface area contributed by atoms with Gasteiger partial charge in [0.15, 0.2) is 0 Å². The molecule has 0 aliphatic carbocycles. The van der Waals surface area contributed by atoms with Gasteiger partial charge < -0.3 is 24.7 Å². The van der Waals surface area contributed by atoms with Crippen molar-refractivity contribution in [3.63, 3.8) is 0 Å². The first-order valence-corrected chi connectivity index (χ1v) is 7.04. The number of nitrogens with one attached hydrogen (secondary N) is 2. The molecule has 1 saturated heterocycles. The van der Waals surface area contributed by atoms with Crippen LogP contribution in [0.15, 0.2) is 12.3 Å². The Morgan fingerprint density at radius 2 is 2.38 bits per heavy atom. The summed E-state index contributed by atoms with van der Waals surface area (Å²) in [7, 11) is 1.73. The maximum atomic E-state index is 12.0. The molecule has 1 unspecified atom stereocenters. The fraction of sp³-hybridized carbons (Fsp3) is 0.571. The number of nitrogens with zero attached hydrogens (tertiary/aromatic N) is 1.